The number of aromatic nitrogens is 1. The van der Waals surface area contributed by atoms with Crippen molar-refractivity contribution >= 4 is 63.9 Å². The number of benzene rings is 2. The van der Waals surface area contributed by atoms with Crippen LogP contribution in [0.15, 0.2) is 49.2 Å². The van der Waals surface area contributed by atoms with Gasteiger partial charge >= 0.3 is 12.1 Å². The first kappa shape index (κ1) is 37.3. The van der Waals surface area contributed by atoms with Gasteiger partial charge in [-0.15, -0.1) is 0 Å². The Morgan fingerprint density at radius 1 is 1.08 bits per heavy atom. The van der Waals surface area contributed by atoms with E-state index in [1.54, 1.807) is 57.1 Å². The number of hydrogen-bond acceptors (Lipinski definition) is 9. The summed E-state index contributed by atoms with van der Waals surface area (Å²) in [6, 6.07) is 8.50. The van der Waals surface area contributed by atoms with Crippen molar-refractivity contribution in [3.63, 3.8) is 0 Å². The van der Waals surface area contributed by atoms with E-state index in [9.17, 15) is 14.4 Å². The fourth-order valence-electron chi connectivity index (χ4n) is 6.23. The normalized spacial score (nSPS) is 14.9. The molecule has 0 aliphatic carbocycles. The van der Waals surface area contributed by atoms with Gasteiger partial charge in [0.1, 0.15) is 27.9 Å². The molecule has 14 heteroatoms. The van der Waals surface area contributed by atoms with Crippen molar-refractivity contribution < 1.29 is 28.6 Å². The number of rotatable bonds is 9. The van der Waals surface area contributed by atoms with Crippen molar-refractivity contribution in [3.05, 3.63) is 65.3 Å². The van der Waals surface area contributed by atoms with Crippen LogP contribution < -0.4 is 34.4 Å². The molecule has 2 aliphatic heterocycles. The molecule has 0 bridgehead atoms. The number of amides is 4. The number of methoxy groups -OCH3 is 2. The number of ether oxygens (including phenoxy) is 3. The van der Waals surface area contributed by atoms with Gasteiger partial charge in [0.15, 0.2) is 0 Å². The van der Waals surface area contributed by atoms with Crippen molar-refractivity contribution in [1.82, 2.24) is 9.88 Å². The summed E-state index contributed by atoms with van der Waals surface area (Å²) in [4.78, 5) is 54.5. The number of fused-ring (bicyclic) bond motifs is 1. The van der Waals surface area contributed by atoms with Gasteiger partial charge in [0.05, 0.1) is 43.5 Å². The number of pyridine rings is 1. The number of nitrogens with one attached hydrogen (secondary N) is 1. The number of carbonyl (C=O) groups is 3. The van der Waals surface area contributed by atoms with Crippen LogP contribution in [0.3, 0.4) is 0 Å². The van der Waals surface area contributed by atoms with Gasteiger partial charge in [-0.2, -0.15) is 0 Å². The molecule has 0 saturated carbocycles. The lowest BCUT2D eigenvalue weighted by Gasteiger charge is -2.37. The third-order valence-electron chi connectivity index (χ3n) is 8.93. The molecule has 272 valence electrons. The maximum Gasteiger partial charge on any atom is 0.420 e. The molecule has 1 N–H and O–H groups in total. The molecule has 0 unspecified atom stereocenters. The van der Waals surface area contributed by atoms with Crippen LogP contribution in [0.5, 0.6) is 11.5 Å². The van der Waals surface area contributed by atoms with E-state index in [4.69, 9.17) is 30.8 Å². The van der Waals surface area contributed by atoms with Crippen LogP contribution in [0.25, 0.3) is 0 Å². The number of piperazine rings is 1. The summed E-state index contributed by atoms with van der Waals surface area (Å²) in [6.07, 6.45) is 2.07. The zero-order chi connectivity index (χ0) is 37.2. The lowest BCUT2D eigenvalue weighted by atomic mass is 10.1. The molecule has 4 amide bonds. The second kappa shape index (κ2) is 15.1. The number of carbonyl (C=O) groups excluding carboxylic acids is 3. The molecule has 13 nitrogen and oxygen atoms in total. The Balaban J connectivity index is 1.60. The van der Waals surface area contributed by atoms with Crippen LogP contribution in [0, 0.1) is 6.92 Å². The molecule has 1 saturated heterocycles. The van der Waals surface area contributed by atoms with Crippen molar-refractivity contribution in [2.24, 2.45) is 0 Å². The quantitative estimate of drug-likeness (QED) is 0.234. The number of halogens is 1. The highest BCUT2D eigenvalue weighted by Crippen LogP contribution is 2.46. The largest absolute Gasteiger partial charge is 0.496 e. The van der Waals surface area contributed by atoms with Gasteiger partial charge < -0.3 is 29.3 Å². The Morgan fingerprint density at radius 3 is 2.37 bits per heavy atom. The van der Waals surface area contributed by atoms with E-state index in [0.29, 0.717) is 45.4 Å². The highest BCUT2D eigenvalue weighted by molar-refractivity contribution is 6.36. The van der Waals surface area contributed by atoms with Gasteiger partial charge in [-0.3, -0.25) is 14.6 Å². The van der Waals surface area contributed by atoms with Crippen molar-refractivity contribution in [2.75, 3.05) is 78.9 Å². The zero-order valence-corrected chi connectivity index (χ0v) is 31.3. The molecule has 3 aromatic rings. The topological polar surface area (TPSA) is 120 Å². The first-order valence-electron chi connectivity index (χ1n) is 16.7. The van der Waals surface area contributed by atoms with Gasteiger partial charge in [0.25, 0.3) is 0 Å². The highest BCUT2D eigenvalue weighted by atomic mass is 35.5. The van der Waals surface area contributed by atoms with Gasteiger partial charge in [0.2, 0.25) is 5.91 Å². The van der Waals surface area contributed by atoms with Crippen molar-refractivity contribution in [1.29, 1.82) is 0 Å². The molecule has 0 spiro atoms. The second-order valence-corrected chi connectivity index (χ2v) is 13.7. The molecule has 5 rings (SSSR count). The molecule has 2 aromatic carbocycles. The summed E-state index contributed by atoms with van der Waals surface area (Å²) in [5.41, 5.74) is 3.09. The first-order valence-corrected chi connectivity index (χ1v) is 17.1. The van der Waals surface area contributed by atoms with E-state index < -0.39 is 17.6 Å². The zero-order valence-electron chi connectivity index (χ0n) is 30.5. The third-order valence-corrected chi connectivity index (χ3v) is 9.30. The molecule has 1 aromatic heterocycles. The molecular weight excluding hydrogens is 674 g/mol. The number of urea groups is 1. The average molecular weight is 720 g/mol. The summed E-state index contributed by atoms with van der Waals surface area (Å²) in [5.74, 6) is 0.625. The SMILES string of the molecule is C=CC(=O)Nc1cc(N2CCN(CC)CC2)ccc1N(C(=O)OC(C)(C)C)c1cc2c(cn1)CN(c1c(C)c(OC)cc(OC)c1Cl)C(=O)N2C. The minimum absolute atomic E-state index is 0.135. The van der Waals surface area contributed by atoms with Crippen LogP contribution in [0.1, 0.15) is 38.8 Å². The van der Waals surface area contributed by atoms with E-state index in [1.807, 2.05) is 19.1 Å². The Labute approximate surface area is 304 Å². The van der Waals surface area contributed by atoms with Gasteiger partial charge in [-0.05, 0) is 58.5 Å². The molecule has 51 heavy (non-hydrogen) atoms. The van der Waals surface area contributed by atoms with Gasteiger partial charge in [-0.25, -0.2) is 19.5 Å². The molecule has 0 radical (unpaired) electrons. The second-order valence-electron chi connectivity index (χ2n) is 13.3. The summed E-state index contributed by atoms with van der Waals surface area (Å²) < 4.78 is 16.9. The van der Waals surface area contributed by atoms with E-state index in [0.717, 1.165) is 38.4 Å². The van der Waals surface area contributed by atoms with E-state index in [-0.39, 0.29) is 23.4 Å². The highest BCUT2D eigenvalue weighted by Gasteiger charge is 2.35. The number of likely N-dealkylation sites (N-methyl/N-ethyl adjacent to an activating group) is 1. The van der Waals surface area contributed by atoms with Crippen molar-refractivity contribution in [2.45, 2.75) is 46.8 Å². The van der Waals surface area contributed by atoms with E-state index >= 15 is 0 Å². The standard InChI is InChI=1S/C37H46ClN7O6/c1-10-32(46)40-26-18-25(43-16-14-42(11-2)15-17-43)12-13-27(26)45(36(48)51-37(4,5)6)31-19-28-24(21-39-31)22-44(35(47)41(28)7)34-23(3)29(49-8)20-30(50-9)33(34)38/h10,12-13,18-21H,1,11,14-17,22H2,2-9H3,(H,40,46). The lowest BCUT2D eigenvalue weighted by Crippen LogP contribution is -2.46. The number of hydrogen-bond donors (Lipinski definition) is 1. The van der Waals surface area contributed by atoms with Crippen LogP contribution in [-0.2, 0) is 16.1 Å². The lowest BCUT2D eigenvalue weighted by molar-refractivity contribution is -0.111. The van der Waals surface area contributed by atoms with Crippen LogP contribution >= 0.6 is 11.6 Å². The first-order chi connectivity index (χ1) is 24.2. The maximum absolute atomic E-state index is 14.1. The average Bonchev–Trinajstić information content (AvgIpc) is 3.10. The molecular formula is C37H46ClN7O6. The fraction of sp³-hybridized carbons (Fsp3) is 0.405. The Bertz CT molecular complexity index is 1810. The molecule has 2 aliphatic rings. The summed E-state index contributed by atoms with van der Waals surface area (Å²) >= 11 is 6.77. The Morgan fingerprint density at radius 2 is 1.76 bits per heavy atom. The number of anilines is 6. The van der Waals surface area contributed by atoms with Crippen molar-refractivity contribution in [3.8, 4) is 11.5 Å². The minimum atomic E-state index is -0.852. The molecule has 3 heterocycles. The van der Waals surface area contributed by atoms with Crippen LogP contribution in [0.4, 0.5) is 43.8 Å². The smallest absolute Gasteiger partial charge is 0.420 e. The molecule has 0 atom stereocenters. The monoisotopic (exact) mass is 719 g/mol. The van der Waals surface area contributed by atoms with Gasteiger partial charge in [-0.1, -0.05) is 25.1 Å². The number of nitrogens with zero attached hydrogens (tertiary/aromatic N) is 6. The van der Waals surface area contributed by atoms with Gasteiger partial charge in [0, 0.05) is 68.4 Å². The Kier molecular flexibility index (Phi) is 11.0. The Hall–Kier alpha value is -5.01. The fourth-order valence-corrected chi connectivity index (χ4v) is 6.61. The van der Waals surface area contributed by atoms with Crippen LogP contribution in [-0.4, -0.2) is 87.5 Å². The molecule has 1 fully saturated rings. The summed E-state index contributed by atoms with van der Waals surface area (Å²) in [5, 5.41) is 3.15. The maximum atomic E-state index is 14.1. The minimum Gasteiger partial charge on any atom is -0.496 e. The predicted octanol–water partition coefficient (Wildman–Crippen LogP) is 6.98. The van der Waals surface area contributed by atoms with E-state index in [2.05, 4.69) is 28.6 Å². The van der Waals surface area contributed by atoms with Crippen LogP contribution in [0.2, 0.25) is 5.02 Å². The van der Waals surface area contributed by atoms with E-state index in [1.165, 1.54) is 30.1 Å². The summed E-state index contributed by atoms with van der Waals surface area (Å²) in [6.45, 7) is 17.5. The third kappa shape index (κ3) is 7.69. The summed E-state index contributed by atoms with van der Waals surface area (Å²) in [7, 11) is 4.67. The predicted molar refractivity (Wildman–Crippen MR) is 201 cm³/mol.